The molecule has 0 unspecified atom stereocenters. The molecule has 1 aliphatic heterocycles. The van der Waals surface area contributed by atoms with Gasteiger partial charge in [0.15, 0.2) is 0 Å². The van der Waals surface area contributed by atoms with Gasteiger partial charge in [-0.2, -0.15) is 5.10 Å². The third-order valence-electron chi connectivity index (χ3n) is 4.75. The van der Waals surface area contributed by atoms with E-state index in [4.69, 9.17) is 4.74 Å². The summed E-state index contributed by atoms with van der Waals surface area (Å²) in [5.41, 5.74) is 2.36. The highest BCUT2D eigenvalue weighted by atomic mass is 19.1. The maximum atomic E-state index is 13.3. The number of amides is 2. The topological polar surface area (TPSA) is 62.2 Å². The van der Waals surface area contributed by atoms with Gasteiger partial charge in [-0.15, -0.1) is 0 Å². The van der Waals surface area contributed by atoms with Crippen molar-refractivity contribution in [2.45, 2.75) is 19.4 Å². The lowest BCUT2D eigenvalue weighted by molar-refractivity contribution is -0.139. The molecular formula is C21H22FN3O3. The summed E-state index contributed by atoms with van der Waals surface area (Å²) in [7, 11) is 3.16. The first kappa shape index (κ1) is 19.5. The van der Waals surface area contributed by atoms with Gasteiger partial charge in [0.25, 0.3) is 5.91 Å². The molecule has 0 aromatic heterocycles. The number of ether oxygens (including phenoxy) is 1. The number of hydrogen-bond acceptors (Lipinski definition) is 4. The van der Waals surface area contributed by atoms with Gasteiger partial charge in [0.1, 0.15) is 18.1 Å². The van der Waals surface area contributed by atoms with Crippen molar-refractivity contribution in [3.63, 3.8) is 0 Å². The fraction of sp³-hybridized carbons (Fsp3) is 0.286. The number of benzene rings is 2. The van der Waals surface area contributed by atoms with Crippen molar-refractivity contribution in [1.29, 1.82) is 0 Å². The largest absolute Gasteiger partial charge is 0.497 e. The quantitative estimate of drug-likeness (QED) is 0.797. The molecule has 28 heavy (non-hydrogen) atoms. The summed E-state index contributed by atoms with van der Waals surface area (Å²) in [6, 6.07) is 13.2. The maximum Gasteiger partial charge on any atom is 0.262 e. The standard InChI is InChI=1S/C21H22FN3O3/c1-14(26)24(2)13-21(27)25-20(16-6-10-18(28-3)11-7-16)12-19(23-25)15-4-8-17(22)9-5-15/h4-11,20H,12-13H2,1-3H3/t20-/m1/s1. The smallest absolute Gasteiger partial charge is 0.262 e. The first-order valence-corrected chi connectivity index (χ1v) is 8.90. The number of likely N-dealkylation sites (N-methyl/N-ethyl adjacent to an activating group) is 1. The van der Waals surface area contributed by atoms with Crippen LogP contribution in [-0.2, 0) is 9.59 Å². The predicted octanol–water partition coefficient (Wildman–Crippen LogP) is 2.99. The van der Waals surface area contributed by atoms with E-state index < -0.39 is 0 Å². The minimum absolute atomic E-state index is 0.0673. The molecule has 146 valence electrons. The van der Waals surface area contributed by atoms with E-state index in [0.717, 1.165) is 16.9 Å². The van der Waals surface area contributed by atoms with Gasteiger partial charge in [-0.1, -0.05) is 24.3 Å². The number of hydrazone groups is 1. The van der Waals surface area contributed by atoms with E-state index in [1.54, 1.807) is 26.3 Å². The molecule has 0 radical (unpaired) electrons. The van der Waals surface area contributed by atoms with E-state index in [2.05, 4.69) is 5.10 Å². The molecule has 2 aromatic rings. The first-order valence-electron chi connectivity index (χ1n) is 8.90. The molecule has 0 saturated carbocycles. The molecule has 1 aliphatic rings. The van der Waals surface area contributed by atoms with Crippen molar-refractivity contribution in [1.82, 2.24) is 9.91 Å². The van der Waals surface area contributed by atoms with Gasteiger partial charge in [-0.25, -0.2) is 9.40 Å². The van der Waals surface area contributed by atoms with Crippen LogP contribution in [0.1, 0.15) is 30.5 Å². The predicted molar refractivity (Wildman–Crippen MR) is 103 cm³/mol. The summed E-state index contributed by atoms with van der Waals surface area (Å²) in [6.45, 7) is 1.34. The van der Waals surface area contributed by atoms with E-state index in [-0.39, 0.29) is 30.2 Å². The zero-order chi connectivity index (χ0) is 20.3. The lowest BCUT2D eigenvalue weighted by Crippen LogP contribution is -2.38. The lowest BCUT2D eigenvalue weighted by Gasteiger charge is -2.24. The Morgan fingerprint density at radius 1 is 1.18 bits per heavy atom. The summed E-state index contributed by atoms with van der Waals surface area (Å²) in [5.74, 6) is -0.0902. The molecule has 2 aromatic carbocycles. The zero-order valence-electron chi connectivity index (χ0n) is 16.1. The second-order valence-electron chi connectivity index (χ2n) is 6.66. The molecule has 0 fully saturated rings. The molecule has 1 atom stereocenters. The summed E-state index contributed by atoms with van der Waals surface area (Å²) in [5, 5.41) is 5.93. The fourth-order valence-electron chi connectivity index (χ4n) is 3.03. The highest BCUT2D eigenvalue weighted by Gasteiger charge is 2.33. The molecular weight excluding hydrogens is 361 g/mol. The van der Waals surface area contributed by atoms with E-state index in [1.807, 2.05) is 24.3 Å². The van der Waals surface area contributed by atoms with Crippen LogP contribution in [0.3, 0.4) is 0 Å². The minimum Gasteiger partial charge on any atom is -0.497 e. The van der Waals surface area contributed by atoms with Gasteiger partial charge in [-0.05, 0) is 35.4 Å². The summed E-state index contributed by atoms with van der Waals surface area (Å²) in [4.78, 5) is 25.7. The third kappa shape index (κ3) is 4.19. The lowest BCUT2D eigenvalue weighted by atomic mass is 9.98. The Hall–Kier alpha value is -3.22. The number of rotatable bonds is 5. The van der Waals surface area contributed by atoms with E-state index in [9.17, 15) is 14.0 Å². The van der Waals surface area contributed by atoms with Crippen LogP contribution in [0.25, 0.3) is 0 Å². The Bertz CT molecular complexity index is 894. The van der Waals surface area contributed by atoms with Crippen molar-refractivity contribution in [2.75, 3.05) is 20.7 Å². The third-order valence-corrected chi connectivity index (χ3v) is 4.75. The molecule has 3 rings (SSSR count). The molecule has 0 spiro atoms. The Morgan fingerprint density at radius 3 is 2.39 bits per heavy atom. The Balaban J connectivity index is 1.91. The van der Waals surface area contributed by atoms with Gasteiger partial charge in [-0.3, -0.25) is 9.59 Å². The molecule has 7 heteroatoms. The SMILES string of the molecule is COc1ccc([C@H]2CC(c3ccc(F)cc3)=NN2C(=O)CN(C)C(C)=O)cc1. The van der Waals surface area contributed by atoms with Crippen LogP contribution in [0.15, 0.2) is 53.6 Å². The minimum atomic E-state index is -0.329. The molecule has 0 N–H and O–H groups in total. The molecule has 0 bridgehead atoms. The second-order valence-corrected chi connectivity index (χ2v) is 6.66. The van der Waals surface area contributed by atoms with Crippen LogP contribution in [0.5, 0.6) is 5.75 Å². The van der Waals surface area contributed by atoms with Gasteiger partial charge in [0, 0.05) is 20.4 Å². The molecule has 6 nitrogen and oxygen atoms in total. The normalized spacial score (nSPS) is 15.9. The van der Waals surface area contributed by atoms with Crippen molar-refractivity contribution in [2.24, 2.45) is 5.10 Å². The van der Waals surface area contributed by atoms with Crippen LogP contribution >= 0.6 is 0 Å². The maximum absolute atomic E-state index is 13.3. The van der Waals surface area contributed by atoms with Crippen molar-refractivity contribution in [3.8, 4) is 5.75 Å². The van der Waals surface area contributed by atoms with E-state index in [1.165, 1.54) is 29.0 Å². The van der Waals surface area contributed by atoms with Gasteiger partial charge in [0.05, 0.1) is 18.9 Å². The number of halogens is 1. The highest BCUT2D eigenvalue weighted by Crippen LogP contribution is 2.33. The molecule has 0 saturated heterocycles. The number of methoxy groups -OCH3 is 1. The van der Waals surface area contributed by atoms with Gasteiger partial charge in [0.2, 0.25) is 5.91 Å². The number of nitrogens with zero attached hydrogens (tertiary/aromatic N) is 3. The Labute approximate surface area is 163 Å². The summed E-state index contributed by atoms with van der Waals surface area (Å²) < 4.78 is 18.5. The van der Waals surface area contributed by atoms with Crippen LogP contribution in [0.4, 0.5) is 4.39 Å². The molecule has 2 amide bonds. The van der Waals surface area contributed by atoms with E-state index in [0.29, 0.717) is 12.1 Å². The Kier molecular flexibility index (Phi) is 5.73. The van der Waals surface area contributed by atoms with Crippen molar-refractivity contribution < 1.29 is 18.7 Å². The second kappa shape index (κ2) is 8.21. The number of carbonyl (C=O) groups excluding carboxylic acids is 2. The Morgan fingerprint density at radius 2 is 1.82 bits per heavy atom. The number of carbonyl (C=O) groups is 2. The molecule has 0 aliphatic carbocycles. The highest BCUT2D eigenvalue weighted by molar-refractivity contribution is 6.03. The fourth-order valence-corrected chi connectivity index (χ4v) is 3.03. The first-order chi connectivity index (χ1) is 13.4. The summed E-state index contributed by atoms with van der Waals surface area (Å²) in [6.07, 6.45) is 0.494. The monoisotopic (exact) mass is 383 g/mol. The van der Waals surface area contributed by atoms with Crippen LogP contribution in [0, 0.1) is 5.82 Å². The number of hydrogen-bond donors (Lipinski definition) is 0. The molecule has 1 heterocycles. The average Bonchev–Trinajstić information content (AvgIpc) is 3.14. The van der Waals surface area contributed by atoms with Crippen LogP contribution in [0.2, 0.25) is 0 Å². The zero-order valence-corrected chi connectivity index (χ0v) is 16.1. The van der Waals surface area contributed by atoms with Crippen LogP contribution in [-0.4, -0.2) is 48.1 Å². The van der Waals surface area contributed by atoms with Gasteiger partial charge < -0.3 is 9.64 Å². The van der Waals surface area contributed by atoms with E-state index >= 15 is 0 Å². The van der Waals surface area contributed by atoms with Crippen LogP contribution < -0.4 is 4.74 Å². The summed E-state index contributed by atoms with van der Waals surface area (Å²) >= 11 is 0. The van der Waals surface area contributed by atoms with Gasteiger partial charge >= 0.3 is 0 Å². The average molecular weight is 383 g/mol. The van der Waals surface area contributed by atoms with Crippen molar-refractivity contribution in [3.05, 3.63) is 65.5 Å². The van der Waals surface area contributed by atoms with Crippen molar-refractivity contribution >= 4 is 17.5 Å².